The van der Waals surface area contributed by atoms with E-state index in [0.29, 0.717) is 12.1 Å². The fourth-order valence-electron chi connectivity index (χ4n) is 2.58. The molecule has 106 valence electrons. The zero-order chi connectivity index (χ0) is 14.8. The third-order valence-corrected chi connectivity index (χ3v) is 3.58. The van der Waals surface area contributed by atoms with Crippen LogP contribution in [0, 0.1) is 0 Å². The predicted molar refractivity (Wildman–Crippen MR) is 77.6 cm³/mol. The van der Waals surface area contributed by atoms with Gasteiger partial charge in [0.1, 0.15) is 5.69 Å². The molecule has 5 heteroatoms. The number of pyridine rings is 1. The standard InChI is InChI=1S/C16H14N2O3/c19-15(12-7-8-17-13(10-12)16(20)21)18-9-3-5-11-4-1-2-6-14(11)18/h1-2,4,6-8,10H,3,5,9H2,(H,20,21). The zero-order valence-electron chi connectivity index (χ0n) is 11.3. The number of carbonyl (C=O) groups excluding carboxylic acids is 1. The second-order valence-corrected chi connectivity index (χ2v) is 4.92. The van der Waals surface area contributed by atoms with E-state index in [9.17, 15) is 9.59 Å². The molecule has 1 aromatic heterocycles. The fourth-order valence-corrected chi connectivity index (χ4v) is 2.58. The van der Waals surface area contributed by atoms with Gasteiger partial charge in [-0.25, -0.2) is 9.78 Å². The first-order chi connectivity index (χ1) is 10.2. The summed E-state index contributed by atoms with van der Waals surface area (Å²) in [5.41, 5.74) is 2.28. The minimum absolute atomic E-state index is 0.119. The molecular formula is C16H14N2O3. The lowest BCUT2D eigenvalue weighted by atomic mass is 10.0. The summed E-state index contributed by atoms with van der Waals surface area (Å²) in [6.45, 7) is 0.639. The molecule has 0 unspecified atom stereocenters. The molecule has 5 nitrogen and oxygen atoms in total. The fraction of sp³-hybridized carbons (Fsp3) is 0.188. The van der Waals surface area contributed by atoms with E-state index in [2.05, 4.69) is 4.98 Å². The Morgan fingerprint density at radius 1 is 1.19 bits per heavy atom. The van der Waals surface area contributed by atoms with E-state index in [4.69, 9.17) is 5.11 Å². The van der Waals surface area contributed by atoms with Crippen LogP contribution in [0.4, 0.5) is 5.69 Å². The minimum Gasteiger partial charge on any atom is -0.477 e. The minimum atomic E-state index is -1.14. The Kier molecular flexibility index (Phi) is 3.39. The Bertz CT molecular complexity index is 712. The first-order valence-electron chi connectivity index (χ1n) is 6.76. The van der Waals surface area contributed by atoms with Gasteiger partial charge in [-0.15, -0.1) is 0 Å². The van der Waals surface area contributed by atoms with Crippen molar-refractivity contribution in [2.75, 3.05) is 11.4 Å². The number of hydrogen-bond acceptors (Lipinski definition) is 3. The molecule has 1 aliphatic heterocycles. The highest BCUT2D eigenvalue weighted by atomic mass is 16.4. The number of carbonyl (C=O) groups is 2. The molecule has 21 heavy (non-hydrogen) atoms. The number of rotatable bonds is 2. The zero-order valence-corrected chi connectivity index (χ0v) is 11.3. The normalized spacial score (nSPS) is 13.6. The van der Waals surface area contributed by atoms with Crippen molar-refractivity contribution < 1.29 is 14.7 Å². The topological polar surface area (TPSA) is 70.5 Å². The van der Waals surface area contributed by atoms with Crippen LogP contribution in [-0.4, -0.2) is 28.5 Å². The van der Waals surface area contributed by atoms with Crippen molar-refractivity contribution in [2.45, 2.75) is 12.8 Å². The van der Waals surface area contributed by atoms with Crippen molar-refractivity contribution in [1.82, 2.24) is 4.98 Å². The molecule has 0 saturated heterocycles. The molecule has 1 amide bonds. The summed E-state index contributed by atoms with van der Waals surface area (Å²) in [4.78, 5) is 29.1. The highest BCUT2D eigenvalue weighted by Crippen LogP contribution is 2.28. The summed E-state index contributed by atoms with van der Waals surface area (Å²) >= 11 is 0. The lowest BCUT2D eigenvalue weighted by molar-refractivity contribution is 0.0690. The number of para-hydroxylation sites is 1. The molecule has 2 aromatic rings. The molecule has 0 saturated carbocycles. The maximum Gasteiger partial charge on any atom is 0.354 e. The van der Waals surface area contributed by atoms with Gasteiger partial charge in [-0.3, -0.25) is 4.79 Å². The van der Waals surface area contributed by atoms with Crippen LogP contribution in [0.1, 0.15) is 32.8 Å². The molecule has 0 aliphatic carbocycles. The first-order valence-corrected chi connectivity index (χ1v) is 6.76. The molecule has 1 aliphatic rings. The molecule has 0 fully saturated rings. The second-order valence-electron chi connectivity index (χ2n) is 4.92. The molecule has 0 bridgehead atoms. The van der Waals surface area contributed by atoms with Crippen molar-refractivity contribution in [2.24, 2.45) is 0 Å². The van der Waals surface area contributed by atoms with E-state index in [1.165, 1.54) is 12.3 Å². The number of anilines is 1. The average Bonchev–Trinajstić information content (AvgIpc) is 2.53. The van der Waals surface area contributed by atoms with Gasteiger partial charge in [0.25, 0.3) is 5.91 Å². The van der Waals surface area contributed by atoms with E-state index in [1.54, 1.807) is 11.0 Å². The van der Waals surface area contributed by atoms with Crippen molar-refractivity contribution in [3.63, 3.8) is 0 Å². The van der Waals surface area contributed by atoms with Gasteiger partial charge in [-0.2, -0.15) is 0 Å². The van der Waals surface area contributed by atoms with Crippen LogP contribution in [0.5, 0.6) is 0 Å². The van der Waals surface area contributed by atoms with E-state index >= 15 is 0 Å². The molecule has 2 heterocycles. The summed E-state index contributed by atoms with van der Waals surface area (Å²) < 4.78 is 0. The van der Waals surface area contributed by atoms with E-state index in [1.807, 2.05) is 24.3 Å². The maximum atomic E-state index is 12.6. The Labute approximate surface area is 121 Å². The summed E-state index contributed by atoms with van der Waals surface area (Å²) in [6.07, 6.45) is 3.21. The van der Waals surface area contributed by atoms with Crippen LogP contribution < -0.4 is 4.90 Å². The monoisotopic (exact) mass is 282 g/mol. The van der Waals surface area contributed by atoms with E-state index < -0.39 is 5.97 Å². The molecule has 0 spiro atoms. The summed E-state index contributed by atoms with van der Waals surface area (Å²) in [5, 5.41) is 8.97. The molecule has 0 radical (unpaired) electrons. The number of aryl methyl sites for hydroxylation is 1. The van der Waals surface area contributed by atoms with Gasteiger partial charge < -0.3 is 10.0 Å². The largest absolute Gasteiger partial charge is 0.477 e. The molecular weight excluding hydrogens is 268 g/mol. The smallest absolute Gasteiger partial charge is 0.354 e. The number of aromatic carboxylic acids is 1. The van der Waals surface area contributed by atoms with Crippen LogP contribution in [-0.2, 0) is 6.42 Å². The SMILES string of the molecule is O=C(O)c1cc(C(=O)N2CCCc3ccccc32)ccn1. The maximum absolute atomic E-state index is 12.6. The lowest BCUT2D eigenvalue weighted by Gasteiger charge is -2.29. The average molecular weight is 282 g/mol. The Balaban J connectivity index is 1.96. The van der Waals surface area contributed by atoms with Gasteiger partial charge in [0.15, 0.2) is 0 Å². The Morgan fingerprint density at radius 3 is 2.81 bits per heavy atom. The number of carboxylic acid groups (broad SMARTS) is 1. The highest BCUT2D eigenvalue weighted by molar-refractivity contribution is 6.07. The second kappa shape index (κ2) is 5.36. The lowest BCUT2D eigenvalue weighted by Crippen LogP contribution is -2.35. The Morgan fingerprint density at radius 2 is 2.00 bits per heavy atom. The first kappa shape index (κ1) is 13.3. The number of benzene rings is 1. The third-order valence-electron chi connectivity index (χ3n) is 3.58. The van der Waals surface area contributed by atoms with Gasteiger partial charge in [-0.05, 0) is 36.6 Å². The number of fused-ring (bicyclic) bond motifs is 1. The number of nitrogens with zero attached hydrogens (tertiary/aromatic N) is 2. The van der Waals surface area contributed by atoms with Gasteiger partial charge in [0, 0.05) is 24.0 Å². The molecule has 1 N–H and O–H groups in total. The summed E-state index contributed by atoms with van der Waals surface area (Å²) in [6, 6.07) is 10.7. The van der Waals surface area contributed by atoms with Crippen LogP contribution in [0.3, 0.4) is 0 Å². The van der Waals surface area contributed by atoms with Gasteiger partial charge >= 0.3 is 5.97 Å². The van der Waals surface area contributed by atoms with Crippen LogP contribution in [0.15, 0.2) is 42.6 Å². The number of carboxylic acids is 1. The van der Waals surface area contributed by atoms with Crippen molar-refractivity contribution in [3.05, 3.63) is 59.4 Å². The quantitative estimate of drug-likeness (QED) is 0.918. The molecule has 0 atom stereocenters. The summed E-state index contributed by atoms with van der Waals surface area (Å²) in [7, 11) is 0. The highest BCUT2D eigenvalue weighted by Gasteiger charge is 2.23. The Hall–Kier alpha value is -2.69. The van der Waals surface area contributed by atoms with Crippen molar-refractivity contribution in [3.8, 4) is 0 Å². The van der Waals surface area contributed by atoms with Crippen molar-refractivity contribution >= 4 is 17.6 Å². The van der Waals surface area contributed by atoms with Gasteiger partial charge in [0.2, 0.25) is 0 Å². The van der Waals surface area contributed by atoms with Crippen LogP contribution >= 0.6 is 0 Å². The van der Waals surface area contributed by atoms with Gasteiger partial charge in [-0.1, -0.05) is 18.2 Å². The van der Waals surface area contributed by atoms with Crippen LogP contribution in [0.25, 0.3) is 0 Å². The third kappa shape index (κ3) is 2.50. The number of hydrogen-bond donors (Lipinski definition) is 1. The molecule has 3 rings (SSSR count). The predicted octanol–water partition coefficient (Wildman–Crippen LogP) is 2.37. The number of amides is 1. The number of aromatic nitrogens is 1. The van der Waals surface area contributed by atoms with Gasteiger partial charge in [0.05, 0.1) is 0 Å². The van der Waals surface area contributed by atoms with E-state index in [0.717, 1.165) is 24.1 Å². The summed E-state index contributed by atoms with van der Waals surface area (Å²) in [5.74, 6) is -1.32. The van der Waals surface area contributed by atoms with Crippen LogP contribution in [0.2, 0.25) is 0 Å². The van der Waals surface area contributed by atoms with E-state index in [-0.39, 0.29) is 11.6 Å². The molecule has 1 aromatic carbocycles. The van der Waals surface area contributed by atoms with Crippen molar-refractivity contribution in [1.29, 1.82) is 0 Å².